The third-order valence-corrected chi connectivity index (χ3v) is 3.29. The van der Waals surface area contributed by atoms with Gasteiger partial charge in [0.25, 0.3) is 0 Å². The molecular weight excluding hydrogens is 282 g/mol. The van der Waals surface area contributed by atoms with E-state index in [-0.39, 0.29) is 5.56 Å². The summed E-state index contributed by atoms with van der Waals surface area (Å²) in [6.07, 6.45) is 0. The molecule has 0 unspecified atom stereocenters. The van der Waals surface area contributed by atoms with Crippen LogP contribution < -0.4 is 4.74 Å². The third kappa shape index (κ3) is 2.69. The maximum absolute atomic E-state index is 11.0. The van der Waals surface area contributed by atoms with Gasteiger partial charge in [-0.2, -0.15) is 0 Å². The summed E-state index contributed by atoms with van der Waals surface area (Å²) >= 11 is 0. The lowest BCUT2D eigenvalue weighted by Gasteiger charge is -1.99. The molecule has 1 heterocycles. The summed E-state index contributed by atoms with van der Waals surface area (Å²) in [6.45, 7) is 0. The lowest BCUT2D eigenvalue weighted by Crippen LogP contribution is -1.95. The molecule has 22 heavy (non-hydrogen) atoms. The van der Waals surface area contributed by atoms with Crippen LogP contribution >= 0.6 is 0 Å². The summed E-state index contributed by atoms with van der Waals surface area (Å²) in [7, 11) is 1.61. The number of hydrogen-bond acceptors (Lipinski definition) is 4. The van der Waals surface area contributed by atoms with E-state index >= 15 is 0 Å². The Morgan fingerprint density at radius 2 is 1.86 bits per heavy atom. The van der Waals surface area contributed by atoms with Crippen LogP contribution in [0.2, 0.25) is 0 Å². The zero-order chi connectivity index (χ0) is 15.5. The number of methoxy groups -OCH3 is 1. The van der Waals surface area contributed by atoms with Gasteiger partial charge in [-0.15, -0.1) is 0 Å². The van der Waals surface area contributed by atoms with Crippen molar-refractivity contribution in [3.05, 3.63) is 60.2 Å². The van der Waals surface area contributed by atoms with Gasteiger partial charge in [0.05, 0.1) is 12.7 Å². The normalized spacial score (nSPS) is 10.4. The molecule has 0 saturated heterocycles. The van der Waals surface area contributed by atoms with Crippen LogP contribution in [-0.4, -0.2) is 23.3 Å². The fourth-order valence-electron chi connectivity index (χ4n) is 2.11. The Labute approximate surface area is 126 Å². The van der Waals surface area contributed by atoms with E-state index in [0.29, 0.717) is 17.0 Å². The molecule has 0 saturated carbocycles. The topological polar surface area (TPSA) is 72.6 Å². The standard InChI is InChI=1S/C17H13NO4/c1-21-14-7-5-11(6-8-14)16-10-15(18-22-16)12-3-2-4-13(9-12)17(19)20/h2-10H,1H3,(H,19,20). The highest BCUT2D eigenvalue weighted by molar-refractivity contribution is 5.89. The number of carbonyl (C=O) groups is 1. The van der Waals surface area contributed by atoms with Gasteiger partial charge in [-0.05, 0) is 36.4 Å². The Morgan fingerprint density at radius 3 is 2.55 bits per heavy atom. The van der Waals surface area contributed by atoms with Gasteiger partial charge in [0.1, 0.15) is 11.4 Å². The molecule has 1 aromatic heterocycles. The summed E-state index contributed by atoms with van der Waals surface area (Å²) in [5, 5.41) is 13.0. The second-order valence-corrected chi connectivity index (χ2v) is 4.69. The highest BCUT2D eigenvalue weighted by atomic mass is 16.5. The van der Waals surface area contributed by atoms with Crippen molar-refractivity contribution in [3.63, 3.8) is 0 Å². The molecule has 2 aromatic carbocycles. The van der Waals surface area contributed by atoms with Crippen molar-refractivity contribution in [2.45, 2.75) is 0 Å². The summed E-state index contributed by atoms with van der Waals surface area (Å²) in [4.78, 5) is 11.0. The first kappa shape index (κ1) is 13.9. The molecule has 0 fully saturated rings. The summed E-state index contributed by atoms with van der Waals surface area (Å²) in [6, 6.07) is 15.8. The van der Waals surface area contributed by atoms with Gasteiger partial charge in [0, 0.05) is 17.2 Å². The van der Waals surface area contributed by atoms with E-state index in [0.717, 1.165) is 11.3 Å². The van der Waals surface area contributed by atoms with Crippen molar-refractivity contribution < 1.29 is 19.2 Å². The van der Waals surface area contributed by atoms with Gasteiger partial charge in [-0.25, -0.2) is 4.79 Å². The average molecular weight is 295 g/mol. The number of carboxylic acids is 1. The van der Waals surface area contributed by atoms with Gasteiger partial charge in [0.2, 0.25) is 0 Å². The van der Waals surface area contributed by atoms with Crippen molar-refractivity contribution >= 4 is 5.97 Å². The predicted octanol–water partition coefficient (Wildman–Crippen LogP) is 3.72. The van der Waals surface area contributed by atoms with Crippen molar-refractivity contribution in [1.29, 1.82) is 0 Å². The highest BCUT2D eigenvalue weighted by Crippen LogP contribution is 2.27. The monoisotopic (exact) mass is 295 g/mol. The molecule has 3 aromatic rings. The van der Waals surface area contributed by atoms with Crippen molar-refractivity contribution in [1.82, 2.24) is 5.16 Å². The molecule has 0 aliphatic heterocycles. The van der Waals surface area contributed by atoms with Crippen molar-refractivity contribution in [2.24, 2.45) is 0 Å². The predicted molar refractivity (Wildman–Crippen MR) is 80.9 cm³/mol. The van der Waals surface area contributed by atoms with Crippen LogP contribution in [-0.2, 0) is 0 Å². The maximum atomic E-state index is 11.0. The first-order valence-electron chi connectivity index (χ1n) is 6.62. The minimum absolute atomic E-state index is 0.214. The fourth-order valence-corrected chi connectivity index (χ4v) is 2.11. The van der Waals surface area contributed by atoms with Crippen LogP contribution in [0, 0.1) is 0 Å². The molecule has 3 rings (SSSR count). The number of carboxylic acid groups (broad SMARTS) is 1. The Bertz CT molecular complexity index is 806. The molecular formula is C17H13NO4. The molecule has 5 nitrogen and oxygen atoms in total. The summed E-state index contributed by atoms with van der Waals surface area (Å²) in [5.74, 6) is 0.400. The van der Waals surface area contributed by atoms with Gasteiger partial charge in [0.15, 0.2) is 5.76 Å². The van der Waals surface area contributed by atoms with Crippen LogP contribution in [0.15, 0.2) is 59.1 Å². The zero-order valence-electron chi connectivity index (χ0n) is 11.8. The minimum Gasteiger partial charge on any atom is -0.497 e. The molecule has 0 bridgehead atoms. The molecule has 1 N–H and O–H groups in total. The lowest BCUT2D eigenvalue weighted by atomic mass is 10.1. The summed E-state index contributed by atoms with van der Waals surface area (Å²) < 4.78 is 10.5. The molecule has 0 radical (unpaired) electrons. The molecule has 0 spiro atoms. The van der Waals surface area contributed by atoms with Gasteiger partial charge in [-0.3, -0.25) is 0 Å². The first-order valence-corrected chi connectivity index (χ1v) is 6.62. The average Bonchev–Trinajstić information content (AvgIpc) is 3.05. The Balaban J connectivity index is 1.93. The first-order chi connectivity index (χ1) is 10.7. The number of hydrogen-bond donors (Lipinski definition) is 1. The molecule has 5 heteroatoms. The number of aromatic carboxylic acids is 1. The minimum atomic E-state index is -0.972. The zero-order valence-corrected chi connectivity index (χ0v) is 11.8. The molecule has 110 valence electrons. The van der Waals surface area contributed by atoms with Crippen molar-refractivity contribution in [2.75, 3.05) is 7.11 Å². The van der Waals surface area contributed by atoms with Crippen LogP contribution in [0.3, 0.4) is 0 Å². The number of ether oxygens (including phenoxy) is 1. The van der Waals surface area contributed by atoms with Crippen LogP contribution in [0.1, 0.15) is 10.4 Å². The van der Waals surface area contributed by atoms with Gasteiger partial charge >= 0.3 is 5.97 Å². The number of rotatable bonds is 4. The van der Waals surface area contributed by atoms with E-state index < -0.39 is 5.97 Å². The SMILES string of the molecule is COc1ccc(-c2cc(-c3cccc(C(=O)O)c3)no2)cc1. The van der Waals surface area contributed by atoms with E-state index in [1.807, 2.05) is 24.3 Å². The van der Waals surface area contributed by atoms with E-state index in [1.54, 1.807) is 31.4 Å². The molecule has 0 amide bonds. The number of aromatic nitrogens is 1. The highest BCUT2D eigenvalue weighted by Gasteiger charge is 2.11. The fraction of sp³-hybridized carbons (Fsp3) is 0.0588. The van der Waals surface area contributed by atoms with E-state index in [2.05, 4.69) is 5.16 Å². The lowest BCUT2D eigenvalue weighted by molar-refractivity contribution is 0.0697. The third-order valence-electron chi connectivity index (χ3n) is 3.29. The van der Waals surface area contributed by atoms with E-state index in [9.17, 15) is 4.79 Å². The second kappa shape index (κ2) is 5.73. The van der Waals surface area contributed by atoms with Gasteiger partial charge in [-0.1, -0.05) is 17.3 Å². The number of benzene rings is 2. The van der Waals surface area contributed by atoms with Crippen LogP contribution in [0.25, 0.3) is 22.6 Å². The van der Waals surface area contributed by atoms with E-state index in [4.69, 9.17) is 14.4 Å². The Morgan fingerprint density at radius 1 is 1.09 bits per heavy atom. The quantitative estimate of drug-likeness (QED) is 0.794. The Hall–Kier alpha value is -3.08. The largest absolute Gasteiger partial charge is 0.497 e. The molecule has 0 atom stereocenters. The Kier molecular flexibility index (Phi) is 3.62. The van der Waals surface area contributed by atoms with E-state index in [1.165, 1.54) is 6.07 Å². The van der Waals surface area contributed by atoms with Gasteiger partial charge < -0.3 is 14.4 Å². The maximum Gasteiger partial charge on any atom is 0.335 e. The second-order valence-electron chi connectivity index (χ2n) is 4.69. The van der Waals surface area contributed by atoms with Crippen LogP contribution in [0.5, 0.6) is 5.75 Å². The number of nitrogens with zero attached hydrogens (tertiary/aromatic N) is 1. The molecule has 0 aliphatic carbocycles. The molecule has 0 aliphatic rings. The smallest absolute Gasteiger partial charge is 0.335 e. The van der Waals surface area contributed by atoms with Crippen molar-refractivity contribution in [3.8, 4) is 28.3 Å². The summed E-state index contributed by atoms with van der Waals surface area (Å²) in [5.41, 5.74) is 2.37. The van der Waals surface area contributed by atoms with Crippen LogP contribution in [0.4, 0.5) is 0 Å².